The molecule has 1 atom stereocenters. The van der Waals surface area contributed by atoms with Gasteiger partial charge in [0.15, 0.2) is 0 Å². The van der Waals surface area contributed by atoms with Crippen molar-refractivity contribution >= 4 is 0 Å². The number of hydrogen-bond donors (Lipinski definition) is 1. The third-order valence-corrected chi connectivity index (χ3v) is 3.71. The van der Waals surface area contributed by atoms with E-state index in [1.807, 2.05) is 13.0 Å². The Morgan fingerprint density at radius 1 is 1.47 bits per heavy atom. The Morgan fingerprint density at radius 2 is 2.32 bits per heavy atom. The summed E-state index contributed by atoms with van der Waals surface area (Å²) in [6, 6.07) is 4.67. The Balaban J connectivity index is 2.01. The second-order valence-electron chi connectivity index (χ2n) is 5.21. The van der Waals surface area contributed by atoms with Gasteiger partial charge in [0.1, 0.15) is 5.75 Å². The zero-order chi connectivity index (χ0) is 13.7. The molecule has 0 aliphatic carbocycles. The molecule has 1 fully saturated rings. The van der Waals surface area contributed by atoms with Gasteiger partial charge >= 0.3 is 0 Å². The number of aryl methyl sites for hydroxylation is 1. The van der Waals surface area contributed by atoms with Gasteiger partial charge in [-0.05, 0) is 32.9 Å². The van der Waals surface area contributed by atoms with E-state index in [9.17, 15) is 0 Å². The first-order chi connectivity index (χ1) is 9.22. The molecule has 0 aromatic carbocycles. The van der Waals surface area contributed by atoms with Crippen molar-refractivity contribution in [3.8, 4) is 5.75 Å². The Labute approximate surface area is 116 Å². The van der Waals surface area contributed by atoms with Gasteiger partial charge in [-0.1, -0.05) is 6.92 Å². The second kappa shape index (κ2) is 6.87. The molecule has 1 aliphatic rings. The average molecular weight is 263 g/mol. The minimum absolute atomic E-state index is 0.647. The molecule has 1 aromatic rings. The lowest BCUT2D eigenvalue weighted by Gasteiger charge is -2.24. The first-order valence-corrected chi connectivity index (χ1v) is 7.19. The summed E-state index contributed by atoms with van der Waals surface area (Å²) < 4.78 is 5.32. The molecule has 1 saturated heterocycles. The standard InChI is InChI=1S/C15H25N3O/c1-4-16-10-14-6-5-7-18(14)11-13-9-15(19-3)8-12(2)17-13/h8-9,14,16H,4-7,10-11H2,1-3H3. The highest BCUT2D eigenvalue weighted by atomic mass is 16.5. The van der Waals surface area contributed by atoms with E-state index in [4.69, 9.17) is 4.74 Å². The second-order valence-corrected chi connectivity index (χ2v) is 5.21. The van der Waals surface area contributed by atoms with Gasteiger partial charge in [0.25, 0.3) is 0 Å². The molecule has 2 heterocycles. The van der Waals surface area contributed by atoms with Gasteiger partial charge < -0.3 is 10.1 Å². The molecule has 1 aliphatic heterocycles. The van der Waals surface area contributed by atoms with E-state index in [1.165, 1.54) is 19.4 Å². The van der Waals surface area contributed by atoms with Crippen molar-refractivity contribution in [1.82, 2.24) is 15.2 Å². The Hall–Kier alpha value is -1.13. The normalized spacial score (nSPS) is 19.8. The third-order valence-electron chi connectivity index (χ3n) is 3.71. The van der Waals surface area contributed by atoms with Crippen LogP contribution in [-0.2, 0) is 6.54 Å². The average Bonchev–Trinajstić information content (AvgIpc) is 2.83. The van der Waals surface area contributed by atoms with E-state index < -0.39 is 0 Å². The van der Waals surface area contributed by atoms with E-state index in [0.717, 1.165) is 36.8 Å². The van der Waals surface area contributed by atoms with E-state index in [0.29, 0.717) is 6.04 Å². The van der Waals surface area contributed by atoms with Gasteiger partial charge in [-0.15, -0.1) is 0 Å². The maximum atomic E-state index is 5.32. The fourth-order valence-electron chi connectivity index (χ4n) is 2.76. The molecule has 0 amide bonds. The summed E-state index contributed by atoms with van der Waals surface area (Å²) in [7, 11) is 1.71. The highest BCUT2D eigenvalue weighted by Crippen LogP contribution is 2.21. The molecule has 4 heteroatoms. The van der Waals surface area contributed by atoms with Crippen molar-refractivity contribution in [2.45, 2.75) is 39.3 Å². The maximum absolute atomic E-state index is 5.32. The molecule has 1 N–H and O–H groups in total. The van der Waals surface area contributed by atoms with Gasteiger partial charge in [0.2, 0.25) is 0 Å². The van der Waals surface area contributed by atoms with Gasteiger partial charge in [-0.3, -0.25) is 9.88 Å². The molecule has 19 heavy (non-hydrogen) atoms. The summed E-state index contributed by atoms with van der Waals surface area (Å²) in [5, 5.41) is 3.45. The van der Waals surface area contributed by atoms with Crippen LogP contribution in [0.4, 0.5) is 0 Å². The van der Waals surface area contributed by atoms with E-state index in [1.54, 1.807) is 7.11 Å². The molecule has 0 saturated carbocycles. The first kappa shape index (κ1) is 14.3. The SMILES string of the molecule is CCNCC1CCCN1Cc1cc(OC)cc(C)n1. The summed E-state index contributed by atoms with van der Waals surface area (Å²) in [5.41, 5.74) is 2.14. The number of hydrogen-bond acceptors (Lipinski definition) is 4. The lowest BCUT2D eigenvalue weighted by atomic mass is 10.2. The van der Waals surface area contributed by atoms with Crippen molar-refractivity contribution in [2.75, 3.05) is 26.7 Å². The van der Waals surface area contributed by atoms with Crippen LogP contribution in [-0.4, -0.2) is 42.7 Å². The van der Waals surface area contributed by atoms with Gasteiger partial charge in [0.05, 0.1) is 12.8 Å². The monoisotopic (exact) mass is 263 g/mol. The van der Waals surface area contributed by atoms with Crippen LogP contribution in [0.25, 0.3) is 0 Å². The van der Waals surface area contributed by atoms with Crippen LogP contribution in [0, 0.1) is 6.92 Å². The molecule has 0 bridgehead atoms. The molecule has 1 unspecified atom stereocenters. The van der Waals surface area contributed by atoms with E-state index >= 15 is 0 Å². The third kappa shape index (κ3) is 3.91. The topological polar surface area (TPSA) is 37.4 Å². The number of likely N-dealkylation sites (tertiary alicyclic amines) is 1. The highest BCUT2D eigenvalue weighted by molar-refractivity contribution is 5.26. The quantitative estimate of drug-likeness (QED) is 0.851. The molecule has 0 radical (unpaired) electrons. The number of nitrogens with one attached hydrogen (secondary N) is 1. The minimum atomic E-state index is 0.647. The van der Waals surface area contributed by atoms with Crippen molar-refractivity contribution in [3.05, 3.63) is 23.5 Å². The largest absolute Gasteiger partial charge is 0.497 e. The lowest BCUT2D eigenvalue weighted by molar-refractivity contribution is 0.237. The molecular weight excluding hydrogens is 238 g/mol. The van der Waals surface area contributed by atoms with Crippen LogP contribution < -0.4 is 10.1 Å². The Morgan fingerprint density at radius 3 is 3.05 bits per heavy atom. The molecule has 2 rings (SSSR count). The first-order valence-electron chi connectivity index (χ1n) is 7.19. The predicted octanol–water partition coefficient (Wildman–Crippen LogP) is 1.97. The Kier molecular flexibility index (Phi) is 5.16. The zero-order valence-electron chi connectivity index (χ0n) is 12.3. The number of rotatable bonds is 6. The number of likely N-dealkylation sites (N-methyl/N-ethyl adjacent to an activating group) is 1. The highest BCUT2D eigenvalue weighted by Gasteiger charge is 2.24. The van der Waals surface area contributed by atoms with Gasteiger partial charge in [0, 0.05) is 37.0 Å². The summed E-state index contributed by atoms with van der Waals surface area (Å²) >= 11 is 0. The maximum Gasteiger partial charge on any atom is 0.122 e. The van der Waals surface area contributed by atoms with Crippen LogP contribution in [0.1, 0.15) is 31.2 Å². The number of pyridine rings is 1. The van der Waals surface area contributed by atoms with Gasteiger partial charge in [-0.25, -0.2) is 0 Å². The van der Waals surface area contributed by atoms with Crippen molar-refractivity contribution < 1.29 is 4.74 Å². The van der Waals surface area contributed by atoms with Crippen LogP contribution in [0.2, 0.25) is 0 Å². The molecule has 106 valence electrons. The number of nitrogens with zero attached hydrogens (tertiary/aromatic N) is 2. The summed E-state index contributed by atoms with van der Waals surface area (Å²) in [4.78, 5) is 7.15. The lowest BCUT2D eigenvalue weighted by Crippen LogP contribution is -2.37. The van der Waals surface area contributed by atoms with Crippen LogP contribution in [0.15, 0.2) is 12.1 Å². The Bertz CT molecular complexity index is 408. The minimum Gasteiger partial charge on any atom is -0.497 e. The van der Waals surface area contributed by atoms with Crippen molar-refractivity contribution in [2.24, 2.45) is 0 Å². The zero-order valence-corrected chi connectivity index (χ0v) is 12.3. The van der Waals surface area contributed by atoms with Crippen LogP contribution >= 0.6 is 0 Å². The summed E-state index contributed by atoms with van der Waals surface area (Å²) in [6.07, 6.45) is 2.58. The fourth-order valence-corrected chi connectivity index (χ4v) is 2.76. The number of aromatic nitrogens is 1. The van der Waals surface area contributed by atoms with Gasteiger partial charge in [-0.2, -0.15) is 0 Å². The summed E-state index contributed by atoms with van der Waals surface area (Å²) in [6.45, 7) is 8.40. The fraction of sp³-hybridized carbons (Fsp3) is 0.667. The van der Waals surface area contributed by atoms with E-state index in [-0.39, 0.29) is 0 Å². The predicted molar refractivity (Wildman–Crippen MR) is 77.5 cm³/mol. The molecule has 4 nitrogen and oxygen atoms in total. The molecule has 1 aromatic heterocycles. The van der Waals surface area contributed by atoms with E-state index in [2.05, 4.69) is 28.2 Å². The van der Waals surface area contributed by atoms with Crippen LogP contribution in [0.3, 0.4) is 0 Å². The summed E-state index contributed by atoms with van der Waals surface area (Å²) in [5.74, 6) is 0.907. The number of methoxy groups -OCH3 is 1. The van der Waals surface area contributed by atoms with Crippen molar-refractivity contribution in [3.63, 3.8) is 0 Å². The van der Waals surface area contributed by atoms with Crippen LogP contribution in [0.5, 0.6) is 5.75 Å². The smallest absolute Gasteiger partial charge is 0.122 e. The van der Waals surface area contributed by atoms with Crippen molar-refractivity contribution in [1.29, 1.82) is 0 Å². The molecule has 0 spiro atoms. The molecular formula is C15H25N3O. The number of ether oxygens (including phenoxy) is 1.